The molecule has 1 aromatic rings. The molecule has 3 N–H and O–H groups in total. The Balaban J connectivity index is 1.67. The van der Waals surface area contributed by atoms with E-state index in [1.54, 1.807) is 12.1 Å². The molecule has 0 aromatic heterocycles. The first-order valence-electron chi connectivity index (χ1n) is 9.24. The number of nitrogens with zero attached hydrogens (tertiary/aromatic N) is 1. The van der Waals surface area contributed by atoms with Crippen LogP contribution in [0.2, 0.25) is 5.02 Å². The van der Waals surface area contributed by atoms with Gasteiger partial charge in [0.2, 0.25) is 11.8 Å². The molecule has 1 aromatic carbocycles. The number of urea groups is 1. The van der Waals surface area contributed by atoms with Gasteiger partial charge in [-0.1, -0.05) is 31.4 Å². The molecule has 2 fully saturated rings. The molecule has 3 rings (SSSR count). The van der Waals surface area contributed by atoms with Gasteiger partial charge in [-0.05, 0) is 37.0 Å². The van der Waals surface area contributed by atoms with E-state index in [0.29, 0.717) is 17.8 Å². The standard InChI is InChI=1S/C19H23ClN4O4/c1-11-5-3-4-8-19(11)17(27)24(18(28)23-19)10-16(26)22-15-7-6-13(9-14(15)20)21-12(2)25/h6-7,9,11H,3-5,8,10H2,1-2H3,(H,21,25)(H,22,26)(H,23,28). The molecular weight excluding hydrogens is 384 g/mol. The molecule has 1 saturated carbocycles. The van der Waals surface area contributed by atoms with Gasteiger partial charge in [-0.3, -0.25) is 19.3 Å². The fourth-order valence-electron chi connectivity index (χ4n) is 3.87. The molecule has 1 aliphatic carbocycles. The van der Waals surface area contributed by atoms with Gasteiger partial charge in [0.25, 0.3) is 5.91 Å². The van der Waals surface area contributed by atoms with Crippen LogP contribution >= 0.6 is 11.6 Å². The molecule has 5 amide bonds. The highest BCUT2D eigenvalue weighted by atomic mass is 35.5. The van der Waals surface area contributed by atoms with Gasteiger partial charge in [-0.25, -0.2) is 4.79 Å². The van der Waals surface area contributed by atoms with Gasteiger partial charge in [0, 0.05) is 12.6 Å². The van der Waals surface area contributed by atoms with Gasteiger partial charge in [-0.15, -0.1) is 0 Å². The molecule has 8 nitrogen and oxygen atoms in total. The maximum absolute atomic E-state index is 12.9. The lowest BCUT2D eigenvalue weighted by Crippen LogP contribution is -2.54. The van der Waals surface area contributed by atoms with Crippen LogP contribution in [0.4, 0.5) is 16.2 Å². The van der Waals surface area contributed by atoms with Crippen LogP contribution in [0.5, 0.6) is 0 Å². The molecule has 1 heterocycles. The van der Waals surface area contributed by atoms with Gasteiger partial charge in [0.05, 0.1) is 10.7 Å². The molecule has 1 aliphatic heterocycles. The number of nitrogens with one attached hydrogen (secondary N) is 3. The Morgan fingerprint density at radius 2 is 2.04 bits per heavy atom. The molecule has 1 spiro atoms. The third-order valence-corrected chi connectivity index (χ3v) is 5.68. The van der Waals surface area contributed by atoms with E-state index in [2.05, 4.69) is 16.0 Å². The zero-order valence-corrected chi connectivity index (χ0v) is 16.6. The molecule has 0 bridgehead atoms. The minimum atomic E-state index is -0.896. The van der Waals surface area contributed by atoms with Crippen LogP contribution in [-0.2, 0) is 14.4 Å². The zero-order valence-electron chi connectivity index (χ0n) is 15.8. The predicted octanol–water partition coefficient (Wildman–Crippen LogP) is 2.74. The Kier molecular flexibility index (Phi) is 5.60. The van der Waals surface area contributed by atoms with Crippen molar-refractivity contribution >= 4 is 46.7 Å². The van der Waals surface area contributed by atoms with Crippen LogP contribution in [0, 0.1) is 5.92 Å². The molecule has 28 heavy (non-hydrogen) atoms. The van der Waals surface area contributed by atoms with Gasteiger partial charge < -0.3 is 16.0 Å². The van der Waals surface area contributed by atoms with Crippen molar-refractivity contribution in [2.24, 2.45) is 5.92 Å². The molecule has 2 unspecified atom stereocenters. The van der Waals surface area contributed by atoms with Crippen LogP contribution in [-0.4, -0.2) is 40.7 Å². The summed E-state index contributed by atoms with van der Waals surface area (Å²) in [6.45, 7) is 2.95. The number of imide groups is 1. The fraction of sp³-hybridized carbons (Fsp3) is 0.474. The van der Waals surface area contributed by atoms with Crippen LogP contribution < -0.4 is 16.0 Å². The number of amides is 5. The SMILES string of the molecule is CC(=O)Nc1ccc(NC(=O)CN2C(=O)NC3(CCCCC3C)C2=O)c(Cl)c1. The highest BCUT2D eigenvalue weighted by Crippen LogP contribution is 2.38. The van der Waals surface area contributed by atoms with E-state index in [9.17, 15) is 19.2 Å². The third-order valence-electron chi connectivity index (χ3n) is 5.37. The van der Waals surface area contributed by atoms with Crippen molar-refractivity contribution in [1.29, 1.82) is 0 Å². The third kappa shape index (κ3) is 3.82. The Hall–Kier alpha value is -2.61. The summed E-state index contributed by atoms with van der Waals surface area (Å²) < 4.78 is 0. The minimum absolute atomic E-state index is 0.0292. The number of anilines is 2. The molecule has 9 heteroatoms. The van der Waals surface area contributed by atoms with E-state index < -0.39 is 17.5 Å². The Morgan fingerprint density at radius 3 is 2.68 bits per heavy atom. The summed E-state index contributed by atoms with van der Waals surface area (Å²) >= 11 is 6.14. The van der Waals surface area contributed by atoms with Crippen molar-refractivity contribution in [2.45, 2.75) is 45.1 Å². The maximum atomic E-state index is 12.9. The average molecular weight is 407 g/mol. The van der Waals surface area contributed by atoms with E-state index in [4.69, 9.17) is 11.6 Å². The van der Waals surface area contributed by atoms with Crippen LogP contribution in [0.15, 0.2) is 18.2 Å². The summed E-state index contributed by atoms with van der Waals surface area (Å²) in [5.74, 6) is -1.08. The highest BCUT2D eigenvalue weighted by molar-refractivity contribution is 6.34. The van der Waals surface area contributed by atoms with Crippen molar-refractivity contribution in [2.75, 3.05) is 17.2 Å². The summed E-state index contributed by atoms with van der Waals surface area (Å²) in [4.78, 5) is 49.7. The summed E-state index contributed by atoms with van der Waals surface area (Å²) in [7, 11) is 0. The number of carbonyl (C=O) groups excluding carboxylic acids is 4. The van der Waals surface area contributed by atoms with E-state index in [1.807, 2.05) is 6.92 Å². The highest BCUT2D eigenvalue weighted by Gasteiger charge is 2.55. The average Bonchev–Trinajstić information content (AvgIpc) is 2.84. The zero-order chi connectivity index (χ0) is 20.5. The molecule has 150 valence electrons. The van der Waals surface area contributed by atoms with Crippen LogP contribution in [0.1, 0.15) is 39.5 Å². The van der Waals surface area contributed by atoms with Crippen molar-refractivity contribution in [3.8, 4) is 0 Å². The maximum Gasteiger partial charge on any atom is 0.325 e. The molecule has 1 saturated heterocycles. The van der Waals surface area contributed by atoms with E-state index in [0.717, 1.165) is 24.2 Å². The topological polar surface area (TPSA) is 108 Å². The predicted molar refractivity (Wildman–Crippen MR) is 105 cm³/mol. The number of rotatable bonds is 4. The van der Waals surface area contributed by atoms with Gasteiger partial charge in [0.15, 0.2) is 0 Å². The van der Waals surface area contributed by atoms with Crippen molar-refractivity contribution in [3.63, 3.8) is 0 Å². The van der Waals surface area contributed by atoms with Crippen molar-refractivity contribution in [3.05, 3.63) is 23.2 Å². The monoisotopic (exact) mass is 406 g/mol. The summed E-state index contributed by atoms with van der Waals surface area (Å²) in [6, 6.07) is 4.10. The number of hydrogen-bond donors (Lipinski definition) is 3. The first-order chi connectivity index (χ1) is 13.2. The minimum Gasteiger partial charge on any atom is -0.326 e. The second-order valence-corrected chi connectivity index (χ2v) is 7.77. The molecule has 0 radical (unpaired) electrons. The van der Waals surface area contributed by atoms with Crippen molar-refractivity contribution in [1.82, 2.24) is 10.2 Å². The largest absolute Gasteiger partial charge is 0.326 e. The Labute approximate surface area is 168 Å². The second kappa shape index (κ2) is 7.79. The lowest BCUT2D eigenvalue weighted by Gasteiger charge is -2.36. The van der Waals surface area contributed by atoms with Crippen LogP contribution in [0.25, 0.3) is 0 Å². The van der Waals surface area contributed by atoms with E-state index in [1.165, 1.54) is 13.0 Å². The smallest absolute Gasteiger partial charge is 0.325 e. The number of hydrogen-bond acceptors (Lipinski definition) is 4. The lowest BCUT2D eigenvalue weighted by atomic mass is 9.73. The molecule has 2 atom stereocenters. The number of carbonyl (C=O) groups is 4. The van der Waals surface area contributed by atoms with Gasteiger partial charge >= 0.3 is 6.03 Å². The summed E-state index contributed by atoms with van der Waals surface area (Å²) in [5.41, 5.74) is -0.0702. The number of benzene rings is 1. The summed E-state index contributed by atoms with van der Waals surface area (Å²) in [5, 5.41) is 8.24. The lowest BCUT2D eigenvalue weighted by molar-refractivity contribution is -0.136. The fourth-order valence-corrected chi connectivity index (χ4v) is 4.10. The number of halogens is 1. The first kappa shape index (κ1) is 20.1. The van der Waals surface area contributed by atoms with Crippen molar-refractivity contribution < 1.29 is 19.2 Å². The molecule has 2 aliphatic rings. The first-order valence-corrected chi connectivity index (χ1v) is 9.62. The Bertz CT molecular complexity index is 843. The summed E-state index contributed by atoms with van der Waals surface area (Å²) in [6.07, 6.45) is 3.35. The molecular formula is C19H23ClN4O4. The second-order valence-electron chi connectivity index (χ2n) is 7.36. The van der Waals surface area contributed by atoms with E-state index >= 15 is 0 Å². The van der Waals surface area contributed by atoms with Gasteiger partial charge in [0.1, 0.15) is 12.1 Å². The normalized spacial score (nSPS) is 24.2. The quantitative estimate of drug-likeness (QED) is 0.668. The van der Waals surface area contributed by atoms with Crippen LogP contribution in [0.3, 0.4) is 0 Å². The van der Waals surface area contributed by atoms with Gasteiger partial charge in [-0.2, -0.15) is 0 Å². The Morgan fingerprint density at radius 1 is 1.29 bits per heavy atom. The van der Waals surface area contributed by atoms with E-state index in [-0.39, 0.29) is 29.3 Å².